The van der Waals surface area contributed by atoms with E-state index in [1.165, 1.54) is 11.8 Å². The van der Waals surface area contributed by atoms with Gasteiger partial charge in [0.25, 0.3) is 0 Å². The zero-order valence-electron chi connectivity index (χ0n) is 16.1. The van der Waals surface area contributed by atoms with Gasteiger partial charge in [0.2, 0.25) is 5.91 Å². The van der Waals surface area contributed by atoms with E-state index >= 15 is 0 Å². The van der Waals surface area contributed by atoms with Crippen LogP contribution in [-0.2, 0) is 11.3 Å². The van der Waals surface area contributed by atoms with Crippen LogP contribution in [0.15, 0.2) is 36.0 Å². The Hall–Kier alpha value is -2.28. The first-order chi connectivity index (χ1) is 13.0. The third-order valence-electron chi connectivity index (χ3n) is 4.20. The Labute approximate surface area is 164 Å². The maximum absolute atomic E-state index is 11.9. The Morgan fingerprint density at radius 3 is 2.70 bits per heavy atom. The van der Waals surface area contributed by atoms with E-state index in [0.29, 0.717) is 23.5 Å². The van der Waals surface area contributed by atoms with E-state index in [-0.39, 0.29) is 12.0 Å². The smallest absolute Gasteiger partial charge is 0.230 e. The predicted octanol–water partition coefficient (Wildman–Crippen LogP) is 3.59. The van der Waals surface area contributed by atoms with Gasteiger partial charge in [-0.1, -0.05) is 23.9 Å². The standard InChI is InChI=1S/C20H26N4O2S/c1-5-8-24-19(15(4)26-17-10-13(2)9-14(3)11-17)22-23-20(24)27-12-18(25)21-16-6-7-16/h5,9-11,15-16H,1,6-8,12H2,2-4H3,(H,21,25). The monoisotopic (exact) mass is 386 g/mol. The number of benzene rings is 1. The van der Waals surface area contributed by atoms with E-state index < -0.39 is 0 Å². The number of carbonyl (C=O) groups excluding carboxylic acids is 1. The van der Waals surface area contributed by atoms with Crippen molar-refractivity contribution < 1.29 is 9.53 Å². The fourth-order valence-electron chi connectivity index (χ4n) is 2.89. The highest BCUT2D eigenvalue weighted by Crippen LogP contribution is 2.26. The number of nitrogens with one attached hydrogen (secondary N) is 1. The average Bonchev–Trinajstić information content (AvgIpc) is 3.31. The molecule has 3 rings (SSSR count). The van der Waals surface area contributed by atoms with Crippen LogP contribution in [0.5, 0.6) is 5.75 Å². The molecule has 1 aliphatic rings. The Morgan fingerprint density at radius 1 is 1.37 bits per heavy atom. The summed E-state index contributed by atoms with van der Waals surface area (Å²) in [6.45, 7) is 10.4. The SMILES string of the molecule is C=CCn1c(SCC(=O)NC2CC2)nnc1C(C)Oc1cc(C)cc(C)c1. The number of aromatic nitrogens is 3. The minimum absolute atomic E-state index is 0.0386. The van der Waals surface area contributed by atoms with Crippen LogP contribution in [0.25, 0.3) is 0 Å². The number of ether oxygens (including phenoxy) is 1. The lowest BCUT2D eigenvalue weighted by atomic mass is 10.1. The Kier molecular flexibility index (Phi) is 6.21. The molecule has 1 fully saturated rings. The first-order valence-corrected chi connectivity index (χ1v) is 10.2. The van der Waals surface area contributed by atoms with Crippen molar-refractivity contribution in [1.82, 2.24) is 20.1 Å². The van der Waals surface area contributed by atoms with Crippen LogP contribution in [0.1, 0.15) is 42.8 Å². The molecule has 7 heteroatoms. The summed E-state index contributed by atoms with van der Waals surface area (Å²) < 4.78 is 8.06. The highest BCUT2D eigenvalue weighted by atomic mass is 32.2. The van der Waals surface area contributed by atoms with Gasteiger partial charge >= 0.3 is 0 Å². The fraction of sp³-hybridized carbons (Fsp3) is 0.450. The van der Waals surface area contributed by atoms with Gasteiger partial charge in [0.1, 0.15) is 5.75 Å². The maximum atomic E-state index is 11.9. The van der Waals surface area contributed by atoms with E-state index in [1.54, 1.807) is 6.08 Å². The summed E-state index contributed by atoms with van der Waals surface area (Å²) in [6.07, 6.45) is 3.69. The van der Waals surface area contributed by atoms with Gasteiger partial charge in [0, 0.05) is 12.6 Å². The van der Waals surface area contributed by atoms with Crippen LogP contribution in [0.2, 0.25) is 0 Å². The molecule has 2 aromatic rings. The van der Waals surface area contributed by atoms with Gasteiger partial charge in [0.05, 0.1) is 5.75 Å². The van der Waals surface area contributed by atoms with Crippen LogP contribution in [0.3, 0.4) is 0 Å². The second kappa shape index (κ2) is 8.61. The molecule has 1 aromatic carbocycles. The molecule has 1 unspecified atom stereocenters. The minimum atomic E-state index is -0.270. The molecular weight excluding hydrogens is 360 g/mol. The molecule has 0 radical (unpaired) electrons. The molecular formula is C20H26N4O2S. The summed E-state index contributed by atoms with van der Waals surface area (Å²) in [5.74, 6) is 1.90. The van der Waals surface area contributed by atoms with Crippen molar-refractivity contribution in [3.63, 3.8) is 0 Å². The average molecular weight is 387 g/mol. The normalized spacial score (nSPS) is 14.6. The maximum Gasteiger partial charge on any atom is 0.230 e. The number of amides is 1. The quantitative estimate of drug-likeness (QED) is 0.527. The lowest BCUT2D eigenvalue weighted by Crippen LogP contribution is -2.27. The van der Waals surface area contributed by atoms with Crippen molar-refractivity contribution >= 4 is 17.7 Å². The molecule has 0 aliphatic heterocycles. The zero-order valence-corrected chi connectivity index (χ0v) is 16.9. The fourth-order valence-corrected chi connectivity index (χ4v) is 3.66. The van der Waals surface area contributed by atoms with Gasteiger partial charge in [-0.3, -0.25) is 9.36 Å². The predicted molar refractivity (Wildman–Crippen MR) is 107 cm³/mol. The van der Waals surface area contributed by atoms with E-state index in [1.807, 2.05) is 37.5 Å². The summed E-state index contributed by atoms with van der Waals surface area (Å²) >= 11 is 1.39. The molecule has 1 saturated carbocycles. The van der Waals surface area contributed by atoms with Gasteiger partial charge in [0.15, 0.2) is 17.1 Å². The van der Waals surface area contributed by atoms with Gasteiger partial charge in [-0.25, -0.2) is 0 Å². The summed E-state index contributed by atoms with van der Waals surface area (Å²) in [6, 6.07) is 6.50. The molecule has 1 heterocycles. The molecule has 144 valence electrons. The van der Waals surface area contributed by atoms with Crippen molar-refractivity contribution in [2.75, 3.05) is 5.75 Å². The number of carbonyl (C=O) groups is 1. The minimum Gasteiger partial charge on any atom is -0.483 e. The lowest BCUT2D eigenvalue weighted by molar-refractivity contribution is -0.118. The number of allylic oxidation sites excluding steroid dienone is 1. The first kappa shape index (κ1) is 19.5. The Bertz CT molecular complexity index is 809. The highest BCUT2D eigenvalue weighted by molar-refractivity contribution is 7.99. The zero-order chi connectivity index (χ0) is 19.4. The molecule has 27 heavy (non-hydrogen) atoms. The highest BCUT2D eigenvalue weighted by Gasteiger charge is 2.24. The summed E-state index contributed by atoms with van der Waals surface area (Å²) in [5, 5.41) is 12.3. The second-order valence-corrected chi connectivity index (χ2v) is 7.90. The second-order valence-electron chi connectivity index (χ2n) is 6.95. The van der Waals surface area contributed by atoms with E-state index in [4.69, 9.17) is 4.74 Å². The topological polar surface area (TPSA) is 69.0 Å². The number of rotatable bonds is 9. The lowest BCUT2D eigenvalue weighted by Gasteiger charge is -2.16. The molecule has 1 atom stereocenters. The third-order valence-corrected chi connectivity index (χ3v) is 5.17. The Morgan fingerprint density at radius 2 is 2.07 bits per heavy atom. The van der Waals surface area contributed by atoms with Gasteiger partial charge in [-0.15, -0.1) is 16.8 Å². The van der Waals surface area contributed by atoms with Gasteiger partial charge in [-0.2, -0.15) is 0 Å². The van der Waals surface area contributed by atoms with E-state index in [2.05, 4.69) is 28.2 Å². The third kappa shape index (κ3) is 5.35. The molecule has 1 aliphatic carbocycles. The molecule has 1 aromatic heterocycles. The molecule has 0 bridgehead atoms. The van der Waals surface area contributed by atoms with E-state index in [9.17, 15) is 4.79 Å². The van der Waals surface area contributed by atoms with Crippen molar-refractivity contribution in [2.45, 2.75) is 57.5 Å². The van der Waals surface area contributed by atoms with Gasteiger partial charge in [-0.05, 0) is 56.9 Å². The molecule has 1 N–H and O–H groups in total. The number of nitrogens with zero attached hydrogens (tertiary/aromatic N) is 3. The van der Waals surface area contributed by atoms with E-state index in [0.717, 1.165) is 35.5 Å². The molecule has 6 nitrogen and oxygen atoms in total. The number of thioether (sulfide) groups is 1. The van der Waals surface area contributed by atoms with Crippen LogP contribution in [-0.4, -0.2) is 32.5 Å². The van der Waals surface area contributed by atoms with Crippen molar-refractivity contribution in [2.24, 2.45) is 0 Å². The first-order valence-electron chi connectivity index (χ1n) is 9.17. The van der Waals surface area contributed by atoms with Crippen molar-refractivity contribution in [1.29, 1.82) is 0 Å². The number of hydrogen-bond donors (Lipinski definition) is 1. The molecule has 1 amide bonds. The molecule has 0 spiro atoms. The van der Waals surface area contributed by atoms with Crippen molar-refractivity contribution in [3.8, 4) is 5.75 Å². The molecule has 0 saturated heterocycles. The van der Waals surface area contributed by atoms with Crippen LogP contribution >= 0.6 is 11.8 Å². The Balaban J connectivity index is 1.70. The summed E-state index contributed by atoms with van der Waals surface area (Å²) in [7, 11) is 0. The van der Waals surface area contributed by atoms with Crippen LogP contribution in [0, 0.1) is 13.8 Å². The van der Waals surface area contributed by atoms with Crippen LogP contribution < -0.4 is 10.1 Å². The summed E-state index contributed by atoms with van der Waals surface area (Å²) in [5.41, 5.74) is 2.31. The summed E-state index contributed by atoms with van der Waals surface area (Å²) in [4.78, 5) is 11.9. The van der Waals surface area contributed by atoms with Crippen LogP contribution in [0.4, 0.5) is 0 Å². The number of aryl methyl sites for hydroxylation is 2. The van der Waals surface area contributed by atoms with Crippen molar-refractivity contribution in [3.05, 3.63) is 47.8 Å². The number of hydrogen-bond acceptors (Lipinski definition) is 5. The largest absolute Gasteiger partial charge is 0.483 e. The van der Waals surface area contributed by atoms with Gasteiger partial charge < -0.3 is 10.1 Å².